The summed E-state index contributed by atoms with van der Waals surface area (Å²) in [7, 11) is -2.10. The fourth-order valence-electron chi connectivity index (χ4n) is 7.43. The number of nitrogens with zero attached hydrogens (tertiary/aromatic N) is 1. The van der Waals surface area contributed by atoms with E-state index in [-0.39, 0.29) is 39.6 Å². The van der Waals surface area contributed by atoms with Crippen molar-refractivity contribution in [2.45, 2.75) is 155 Å². The Labute approximate surface area is 251 Å². The minimum Gasteiger partial charge on any atom is -0.410 e. The fraction of sp³-hybridized carbons (Fsp3) is 0.694. The van der Waals surface area contributed by atoms with Crippen LogP contribution in [0.2, 0.25) is 18.1 Å². The van der Waals surface area contributed by atoms with Crippen molar-refractivity contribution in [2.24, 2.45) is 5.41 Å². The number of benzene rings is 1. The first-order valence-electron chi connectivity index (χ1n) is 16.1. The normalized spacial score (nSPS) is 23.7. The molecular weight excluding hydrogens is 522 g/mol. The van der Waals surface area contributed by atoms with E-state index in [1.807, 2.05) is 0 Å². The lowest BCUT2D eigenvalue weighted by Gasteiger charge is -2.44. The Morgan fingerprint density at radius 3 is 2.07 bits per heavy atom. The number of fused-ring (bicyclic) bond motifs is 4. The number of aromatic nitrogens is 1. The van der Waals surface area contributed by atoms with E-state index in [9.17, 15) is 5.21 Å². The monoisotopic (exact) mass is 578 g/mol. The quantitative estimate of drug-likeness (QED) is 0.223. The van der Waals surface area contributed by atoms with Gasteiger partial charge in [-0.25, -0.2) is 0 Å². The number of rotatable bonds is 4. The van der Waals surface area contributed by atoms with E-state index >= 15 is 0 Å². The SMILES string of the molecule is CC(C)c1c2c(c3c([n+]1O)CC(C)(C)CC3O[Si](C)(C)C(C)(C)C)C1(CCCC1)OC2c1ccc(C(C)(C)C)cc1. The van der Waals surface area contributed by atoms with Gasteiger partial charge in [0.05, 0.1) is 22.8 Å². The molecule has 2 heterocycles. The number of ether oxygens (including phenoxy) is 1. The molecule has 1 aromatic carbocycles. The highest BCUT2D eigenvalue weighted by atomic mass is 28.4. The molecule has 0 amide bonds. The Balaban J connectivity index is 1.79. The van der Waals surface area contributed by atoms with Crippen LogP contribution in [-0.2, 0) is 26.6 Å². The van der Waals surface area contributed by atoms with Crippen molar-refractivity contribution in [1.82, 2.24) is 0 Å². The van der Waals surface area contributed by atoms with Crippen molar-refractivity contribution in [3.63, 3.8) is 0 Å². The minimum atomic E-state index is -2.10. The standard InChI is InChI=1S/C36H56NO3Si/c1-23(2)31-29-30(28-26(37(31)38)21-35(9,10)22-27(28)40-41(11,12)34(6,7)8)36(19-13-14-20-36)39-32(29)24-15-17-25(18-16-24)33(3,4)5/h15-18,23,27,32,38H,13-14,19-22H2,1-12H3/q+1. The summed E-state index contributed by atoms with van der Waals surface area (Å²) < 4.78 is 16.3. The van der Waals surface area contributed by atoms with Crippen LogP contribution >= 0.6 is 0 Å². The first kappa shape index (κ1) is 30.8. The molecule has 0 bridgehead atoms. The van der Waals surface area contributed by atoms with Gasteiger partial charge in [0, 0.05) is 22.6 Å². The van der Waals surface area contributed by atoms with Gasteiger partial charge >= 0.3 is 0 Å². The van der Waals surface area contributed by atoms with Crippen molar-refractivity contribution < 1.29 is 19.1 Å². The smallest absolute Gasteiger partial charge is 0.243 e. The van der Waals surface area contributed by atoms with Gasteiger partial charge in [0.2, 0.25) is 11.4 Å². The molecule has 0 saturated heterocycles. The van der Waals surface area contributed by atoms with Crippen LogP contribution in [0.5, 0.6) is 0 Å². The average molecular weight is 579 g/mol. The maximum Gasteiger partial charge on any atom is 0.243 e. The molecule has 1 spiro atoms. The molecule has 5 rings (SSSR count). The lowest BCUT2D eigenvalue weighted by molar-refractivity contribution is -0.916. The molecule has 1 fully saturated rings. The van der Waals surface area contributed by atoms with Crippen molar-refractivity contribution >= 4 is 8.32 Å². The maximum absolute atomic E-state index is 12.1. The van der Waals surface area contributed by atoms with Gasteiger partial charge in [-0.1, -0.05) is 106 Å². The van der Waals surface area contributed by atoms with Crippen LogP contribution in [0.15, 0.2) is 24.3 Å². The fourth-order valence-corrected chi connectivity index (χ4v) is 8.70. The van der Waals surface area contributed by atoms with Crippen LogP contribution in [-0.4, -0.2) is 13.5 Å². The summed E-state index contributed by atoms with van der Waals surface area (Å²) in [6.45, 7) is 27.6. The zero-order chi connectivity index (χ0) is 30.3. The predicted molar refractivity (Wildman–Crippen MR) is 169 cm³/mol. The lowest BCUT2D eigenvalue weighted by atomic mass is 9.70. The Morgan fingerprint density at radius 1 is 0.976 bits per heavy atom. The van der Waals surface area contributed by atoms with Crippen molar-refractivity contribution in [3.8, 4) is 0 Å². The number of hydrogen-bond donors (Lipinski definition) is 1. The van der Waals surface area contributed by atoms with Gasteiger partial charge < -0.3 is 9.16 Å². The largest absolute Gasteiger partial charge is 0.410 e. The molecule has 3 aliphatic rings. The van der Waals surface area contributed by atoms with Crippen LogP contribution in [0.1, 0.15) is 159 Å². The Morgan fingerprint density at radius 2 is 1.56 bits per heavy atom. The van der Waals surface area contributed by atoms with E-state index in [1.54, 1.807) is 4.73 Å². The predicted octanol–water partition coefficient (Wildman–Crippen LogP) is 9.56. The first-order chi connectivity index (χ1) is 18.8. The van der Waals surface area contributed by atoms with E-state index in [1.165, 1.54) is 40.7 Å². The molecule has 2 aliphatic carbocycles. The molecule has 5 heteroatoms. The molecule has 4 nitrogen and oxygen atoms in total. The second-order valence-corrected chi connectivity index (χ2v) is 21.7. The molecule has 226 valence electrons. The van der Waals surface area contributed by atoms with Crippen LogP contribution < -0.4 is 4.73 Å². The highest BCUT2D eigenvalue weighted by molar-refractivity contribution is 6.74. The topological polar surface area (TPSA) is 42.6 Å². The zero-order valence-electron chi connectivity index (χ0n) is 28.0. The molecule has 41 heavy (non-hydrogen) atoms. The summed E-state index contributed by atoms with van der Waals surface area (Å²) in [5, 5.41) is 12.2. The third-order valence-electron chi connectivity index (χ3n) is 10.7. The molecule has 1 N–H and O–H groups in total. The third kappa shape index (κ3) is 5.23. The third-order valence-corrected chi connectivity index (χ3v) is 15.1. The molecule has 2 unspecified atom stereocenters. The van der Waals surface area contributed by atoms with Gasteiger partial charge in [-0.15, -0.1) is 0 Å². The molecular formula is C36H56NO3Si+. The van der Waals surface area contributed by atoms with Crippen LogP contribution in [0.3, 0.4) is 0 Å². The summed E-state index contributed by atoms with van der Waals surface area (Å²) in [6.07, 6.45) is 5.97. The van der Waals surface area contributed by atoms with Crippen molar-refractivity contribution in [1.29, 1.82) is 0 Å². The van der Waals surface area contributed by atoms with Gasteiger partial charge in [0.25, 0.3) is 0 Å². The number of hydrogen-bond acceptors (Lipinski definition) is 3. The van der Waals surface area contributed by atoms with E-state index in [0.29, 0.717) is 0 Å². The van der Waals surface area contributed by atoms with Crippen LogP contribution in [0.25, 0.3) is 0 Å². The van der Waals surface area contributed by atoms with Crippen LogP contribution in [0, 0.1) is 5.41 Å². The number of pyridine rings is 1. The van der Waals surface area contributed by atoms with Gasteiger partial charge in [-0.05, 0) is 59.4 Å². The van der Waals surface area contributed by atoms with Gasteiger partial charge in [-0.2, -0.15) is 0 Å². The van der Waals surface area contributed by atoms with Crippen molar-refractivity contribution in [2.75, 3.05) is 0 Å². The first-order valence-corrected chi connectivity index (χ1v) is 19.0. The molecule has 2 aromatic rings. The van der Waals surface area contributed by atoms with Gasteiger partial charge in [-0.3, -0.25) is 5.21 Å². The highest BCUT2D eigenvalue weighted by Crippen LogP contribution is 2.60. The maximum atomic E-state index is 12.1. The zero-order valence-corrected chi connectivity index (χ0v) is 29.0. The second kappa shape index (κ2) is 9.92. The van der Waals surface area contributed by atoms with E-state index in [2.05, 4.69) is 107 Å². The lowest BCUT2D eigenvalue weighted by Crippen LogP contribution is -2.50. The van der Waals surface area contributed by atoms with Crippen molar-refractivity contribution in [3.05, 3.63) is 63.5 Å². The molecule has 0 radical (unpaired) electrons. The van der Waals surface area contributed by atoms with Crippen LogP contribution in [0.4, 0.5) is 0 Å². The van der Waals surface area contributed by atoms with Gasteiger partial charge in [0.15, 0.2) is 8.32 Å². The summed E-state index contributed by atoms with van der Waals surface area (Å²) in [4.78, 5) is 0. The minimum absolute atomic E-state index is 0.0253. The molecule has 1 aromatic heterocycles. The summed E-state index contributed by atoms with van der Waals surface area (Å²) in [6, 6.07) is 9.07. The van der Waals surface area contributed by atoms with E-state index in [0.717, 1.165) is 37.1 Å². The van der Waals surface area contributed by atoms with E-state index in [4.69, 9.17) is 9.16 Å². The molecule has 1 aliphatic heterocycles. The molecule has 2 atom stereocenters. The Kier molecular flexibility index (Phi) is 7.44. The summed E-state index contributed by atoms with van der Waals surface area (Å²) >= 11 is 0. The Bertz CT molecular complexity index is 1300. The molecule has 1 saturated carbocycles. The summed E-state index contributed by atoms with van der Waals surface area (Å²) in [5.74, 6) is 0.153. The second-order valence-electron chi connectivity index (χ2n) is 17.0. The Hall–Kier alpha value is -1.69. The summed E-state index contributed by atoms with van der Waals surface area (Å²) in [5.41, 5.74) is 8.18. The van der Waals surface area contributed by atoms with E-state index < -0.39 is 8.32 Å². The average Bonchev–Trinajstić information content (AvgIpc) is 3.42. The highest BCUT2D eigenvalue weighted by Gasteiger charge is 2.57. The van der Waals surface area contributed by atoms with Gasteiger partial charge in [0.1, 0.15) is 6.10 Å².